The fourth-order valence-corrected chi connectivity index (χ4v) is 2.05. The molecule has 0 amide bonds. The van der Waals surface area contributed by atoms with E-state index in [0.717, 1.165) is 35.5 Å². The largest absolute Gasteiger partial charge is 0.342 e. The van der Waals surface area contributed by atoms with E-state index < -0.39 is 0 Å². The van der Waals surface area contributed by atoms with Crippen molar-refractivity contribution in [2.45, 2.75) is 20.8 Å². The van der Waals surface area contributed by atoms with Crippen LogP contribution in [-0.2, 0) is 0 Å². The summed E-state index contributed by atoms with van der Waals surface area (Å²) in [6, 6.07) is 5.64. The highest BCUT2D eigenvalue weighted by atomic mass is 16.1. The smallest absolute Gasteiger partial charge is 0.176 e. The first kappa shape index (κ1) is 12.8. The zero-order chi connectivity index (χ0) is 13.1. The standard InChI is InChI=1S/C14H19N3O/c1-4-17(5-2)9-14(18)11-6-7-12-13(8-11)16-10(3)15-12/h6-8H,4-5,9H2,1-3H3,(H,15,16). The zero-order valence-electron chi connectivity index (χ0n) is 11.2. The van der Waals surface area contributed by atoms with Gasteiger partial charge in [0.1, 0.15) is 5.82 Å². The second kappa shape index (κ2) is 5.31. The van der Waals surface area contributed by atoms with Crippen molar-refractivity contribution in [2.75, 3.05) is 19.6 Å². The summed E-state index contributed by atoms with van der Waals surface area (Å²) in [4.78, 5) is 21.8. The van der Waals surface area contributed by atoms with Crippen molar-refractivity contribution in [3.8, 4) is 0 Å². The predicted octanol–water partition coefficient (Wildman–Crippen LogP) is 2.40. The molecule has 1 aromatic heterocycles. The van der Waals surface area contributed by atoms with Crippen LogP contribution in [0.3, 0.4) is 0 Å². The summed E-state index contributed by atoms with van der Waals surface area (Å²) in [6.07, 6.45) is 0. The lowest BCUT2D eigenvalue weighted by molar-refractivity contribution is 0.0937. The Morgan fingerprint density at radius 3 is 2.72 bits per heavy atom. The average molecular weight is 245 g/mol. The molecule has 1 heterocycles. The minimum absolute atomic E-state index is 0.160. The molecule has 4 heteroatoms. The Morgan fingerprint density at radius 1 is 1.33 bits per heavy atom. The molecule has 96 valence electrons. The lowest BCUT2D eigenvalue weighted by Crippen LogP contribution is -2.29. The van der Waals surface area contributed by atoms with Crippen LogP contribution < -0.4 is 0 Å². The van der Waals surface area contributed by atoms with Crippen molar-refractivity contribution >= 4 is 16.8 Å². The molecule has 4 nitrogen and oxygen atoms in total. The Labute approximate surface area is 107 Å². The van der Waals surface area contributed by atoms with Gasteiger partial charge < -0.3 is 4.98 Å². The van der Waals surface area contributed by atoms with Crippen LogP contribution in [-0.4, -0.2) is 40.3 Å². The van der Waals surface area contributed by atoms with Crippen LogP contribution in [0.4, 0.5) is 0 Å². The SMILES string of the molecule is CCN(CC)CC(=O)c1ccc2nc(C)[nH]c2c1. The van der Waals surface area contributed by atoms with Crippen molar-refractivity contribution in [1.29, 1.82) is 0 Å². The number of ketones is 1. The van der Waals surface area contributed by atoms with Gasteiger partial charge in [-0.15, -0.1) is 0 Å². The summed E-state index contributed by atoms with van der Waals surface area (Å²) in [6.45, 7) is 8.32. The maximum absolute atomic E-state index is 12.1. The molecule has 2 rings (SSSR count). The highest BCUT2D eigenvalue weighted by Gasteiger charge is 2.11. The molecular formula is C14H19N3O. The monoisotopic (exact) mass is 245 g/mol. The number of hydrogen-bond acceptors (Lipinski definition) is 3. The molecule has 0 aliphatic heterocycles. The maximum atomic E-state index is 12.1. The van der Waals surface area contributed by atoms with Gasteiger partial charge in [0, 0.05) is 5.56 Å². The number of nitrogens with one attached hydrogen (secondary N) is 1. The highest BCUT2D eigenvalue weighted by molar-refractivity contribution is 6.00. The molecule has 0 unspecified atom stereocenters. The summed E-state index contributed by atoms with van der Waals surface area (Å²) >= 11 is 0. The van der Waals surface area contributed by atoms with Gasteiger partial charge in [0.25, 0.3) is 0 Å². The Hall–Kier alpha value is -1.68. The first-order chi connectivity index (χ1) is 8.63. The Bertz CT molecular complexity index is 555. The normalized spacial score (nSPS) is 11.3. The number of imidazole rings is 1. The fourth-order valence-electron chi connectivity index (χ4n) is 2.05. The molecule has 0 bridgehead atoms. The Balaban J connectivity index is 2.22. The van der Waals surface area contributed by atoms with Crippen LogP contribution in [0.2, 0.25) is 0 Å². The quantitative estimate of drug-likeness (QED) is 0.823. The van der Waals surface area contributed by atoms with Gasteiger partial charge in [-0.2, -0.15) is 0 Å². The fraction of sp³-hybridized carbons (Fsp3) is 0.429. The predicted molar refractivity (Wildman–Crippen MR) is 72.9 cm³/mol. The summed E-state index contributed by atoms with van der Waals surface area (Å²) in [5.41, 5.74) is 2.59. The van der Waals surface area contributed by atoms with Crippen molar-refractivity contribution in [3.63, 3.8) is 0 Å². The molecule has 0 aliphatic carbocycles. The number of nitrogens with zero attached hydrogens (tertiary/aromatic N) is 2. The van der Waals surface area contributed by atoms with Gasteiger partial charge in [-0.3, -0.25) is 9.69 Å². The number of aromatic amines is 1. The molecule has 0 spiro atoms. The van der Waals surface area contributed by atoms with Crippen molar-refractivity contribution in [2.24, 2.45) is 0 Å². The Kier molecular flexibility index (Phi) is 3.77. The number of likely N-dealkylation sites (N-methyl/N-ethyl adjacent to an activating group) is 1. The maximum Gasteiger partial charge on any atom is 0.176 e. The third-order valence-corrected chi connectivity index (χ3v) is 3.18. The second-order valence-corrected chi connectivity index (χ2v) is 4.44. The van der Waals surface area contributed by atoms with Crippen LogP contribution in [0.5, 0.6) is 0 Å². The van der Waals surface area contributed by atoms with Crippen LogP contribution in [0, 0.1) is 6.92 Å². The van der Waals surface area contributed by atoms with Crippen LogP contribution in [0.25, 0.3) is 11.0 Å². The van der Waals surface area contributed by atoms with Crippen LogP contribution in [0.1, 0.15) is 30.0 Å². The van der Waals surface area contributed by atoms with Crippen LogP contribution in [0.15, 0.2) is 18.2 Å². The van der Waals surface area contributed by atoms with E-state index >= 15 is 0 Å². The van der Waals surface area contributed by atoms with Gasteiger partial charge in [0.05, 0.1) is 17.6 Å². The number of Topliss-reactive ketones (excluding diaryl/α,β-unsaturated/α-hetero) is 1. The van der Waals surface area contributed by atoms with Crippen molar-refractivity contribution in [3.05, 3.63) is 29.6 Å². The molecule has 0 saturated carbocycles. The summed E-state index contributed by atoms with van der Waals surface area (Å²) in [5.74, 6) is 1.03. The van der Waals surface area contributed by atoms with E-state index in [0.29, 0.717) is 6.54 Å². The van der Waals surface area contributed by atoms with E-state index in [2.05, 4.69) is 28.7 Å². The number of aryl methyl sites for hydroxylation is 1. The number of hydrogen-bond donors (Lipinski definition) is 1. The molecule has 0 atom stereocenters. The molecule has 0 aliphatic rings. The van der Waals surface area contributed by atoms with Gasteiger partial charge in [0.15, 0.2) is 5.78 Å². The summed E-state index contributed by atoms with van der Waals surface area (Å²) in [7, 11) is 0. The molecule has 1 N–H and O–H groups in total. The number of H-pyrrole nitrogens is 1. The van der Waals surface area contributed by atoms with Gasteiger partial charge in [-0.1, -0.05) is 13.8 Å². The molecule has 0 saturated heterocycles. The first-order valence-corrected chi connectivity index (χ1v) is 6.36. The lowest BCUT2D eigenvalue weighted by Gasteiger charge is -2.16. The number of carbonyl (C=O) groups excluding carboxylic acids is 1. The molecule has 2 aromatic rings. The van der Waals surface area contributed by atoms with Crippen LogP contribution >= 0.6 is 0 Å². The number of carbonyl (C=O) groups is 1. The average Bonchev–Trinajstić information content (AvgIpc) is 2.74. The highest BCUT2D eigenvalue weighted by Crippen LogP contribution is 2.14. The van der Waals surface area contributed by atoms with E-state index in [1.54, 1.807) is 0 Å². The van der Waals surface area contributed by atoms with E-state index in [-0.39, 0.29) is 5.78 Å². The molecule has 0 fully saturated rings. The van der Waals surface area contributed by atoms with Gasteiger partial charge in [-0.05, 0) is 38.2 Å². The third-order valence-electron chi connectivity index (χ3n) is 3.18. The molecule has 18 heavy (non-hydrogen) atoms. The number of rotatable bonds is 5. The summed E-state index contributed by atoms with van der Waals surface area (Å²) < 4.78 is 0. The van der Waals surface area contributed by atoms with E-state index in [9.17, 15) is 4.79 Å². The van der Waals surface area contributed by atoms with Crippen molar-refractivity contribution < 1.29 is 4.79 Å². The van der Waals surface area contributed by atoms with Gasteiger partial charge in [0.2, 0.25) is 0 Å². The Morgan fingerprint density at radius 2 is 2.06 bits per heavy atom. The zero-order valence-corrected chi connectivity index (χ0v) is 11.2. The van der Waals surface area contributed by atoms with E-state index in [1.807, 2.05) is 25.1 Å². The molecule has 1 aromatic carbocycles. The minimum atomic E-state index is 0.160. The van der Waals surface area contributed by atoms with Crippen molar-refractivity contribution in [1.82, 2.24) is 14.9 Å². The topological polar surface area (TPSA) is 49.0 Å². The molecule has 0 radical (unpaired) electrons. The van der Waals surface area contributed by atoms with Gasteiger partial charge >= 0.3 is 0 Å². The lowest BCUT2D eigenvalue weighted by atomic mass is 10.1. The van der Waals surface area contributed by atoms with Gasteiger partial charge in [-0.25, -0.2) is 4.98 Å². The van der Waals surface area contributed by atoms with E-state index in [4.69, 9.17) is 0 Å². The molecular weight excluding hydrogens is 226 g/mol. The number of aromatic nitrogens is 2. The third kappa shape index (κ3) is 2.59. The summed E-state index contributed by atoms with van der Waals surface area (Å²) in [5, 5.41) is 0. The first-order valence-electron chi connectivity index (χ1n) is 6.36. The number of benzene rings is 1. The number of fused-ring (bicyclic) bond motifs is 1. The van der Waals surface area contributed by atoms with E-state index in [1.165, 1.54) is 0 Å². The minimum Gasteiger partial charge on any atom is -0.342 e. The second-order valence-electron chi connectivity index (χ2n) is 4.44.